The fraction of sp³-hybridized carbons (Fsp3) is 0.105. The molecule has 1 heterocycles. The molecule has 0 aliphatic rings. The van der Waals surface area contributed by atoms with Gasteiger partial charge in [-0.3, -0.25) is 4.79 Å². The summed E-state index contributed by atoms with van der Waals surface area (Å²) in [5.74, 6) is -0.380. The van der Waals surface area contributed by atoms with E-state index in [1.807, 2.05) is 30.3 Å². The van der Waals surface area contributed by atoms with E-state index in [1.54, 1.807) is 0 Å². The quantitative estimate of drug-likeness (QED) is 0.706. The fourth-order valence-electron chi connectivity index (χ4n) is 2.32. The van der Waals surface area contributed by atoms with Crippen LogP contribution in [0.1, 0.15) is 21.6 Å². The number of benzene rings is 2. The Morgan fingerprint density at radius 1 is 1.00 bits per heavy atom. The van der Waals surface area contributed by atoms with E-state index < -0.39 is 17.6 Å². The van der Waals surface area contributed by atoms with Crippen LogP contribution in [-0.4, -0.2) is 15.9 Å². The molecule has 27 heavy (non-hydrogen) atoms. The van der Waals surface area contributed by atoms with Crippen LogP contribution in [0.3, 0.4) is 0 Å². The van der Waals surface area contributed by atoms with Crippen molar-refractivity contribution in [3.63, 3.8) is 0 Å². The molecule has 0 aliphatic carbocycles. The lowest BCUT2D eigenvalue weighted by Crippen LogP contribution is -2.24. The Balaban J connectivity index is 1.69. The van der Waals surface area contributed by atoms with E-state index in [0.717, 1.165) is 17.7 Å². The van der Waals surface area contributed by atoms with Gasteiger partial charge in [0, 0.05) is 18.4 Å². The van der Waals surface area contributed by atoms with Crippen LogP contribution in [0.5, 0.6) is 0 Å². The molecule has 0 atom stereocenters. The van der Waals surface area contributed by atoms with Crippen molar-refractivity contribution in [2.45, 2.75) is 12.7 Å². The molecule has 2 N–H and O–H groups in total. The maximum absolute atomic E-state index is 12.8. The van der Waals surface area contributed by atoms with Gasteiger partial charge in [-0.25, -0.2) is 9.97 Å². The summed E-state index contributed by atoms with van der Waals surface area (Å²) in [6.07, 6.45) is -3.09. The molecule has 1 aromatic heterocycles. The minimum atomic E-state index is -4.45. The molecule has 0 saturated heterocycles. The molecule has 3 aromatic rings. The monoisotopic (exact) mass is 372 g/mol. The number of aromatic nitrogens is 2. The third-order valence-electron chi connectivity index (χ3n) is 3.63. The number of nitrogens with zero attached hydrogens (tertiary/aromatic N) is 2. The van der Waals surface area contributed by atoms with Crippen molar-refractivity contribution in [3.8, 4) is 0 Å². The summed E-state index contributed by atoms with van der Waals surface area (Å²) in [4.78, 5) is 20.2. The number of hydrogen-bond acceptors (Lipinski definition) is 4. The highest BCUT2D eigenvalue weighted by molar-refractivity contribution is 5.92. The Kier molecular flexibility index (Phi) is 5.35. The smallest absolute Gasteiger partial charge is 0.347 e. The van der Waals surface area contributed by atoms with E-state index in [-0.39, 0.29) is 17.3 Å². The number of carbonyl (C=O) groups excluding carboxylic acids is 1. The third kappa shape index (κ3) is 5.04. The van der Waals surface area contributed by atoms with Crippen molar-refractivity contribution in [1.82, 2.24) is 15.3 Å². The molecule has 0 bridgehead atoms. The van der Waals surface area contributed by atoms with Crippen LogP contribution in [0, 0.1) is 0 Å². The third-order valence-corrected chi connectivity index (χ3v) is 3.63. The van der Waals surface area contributed by atoms with Crippen molar-refractivity contribution in [1.29, 1.82) is 0 Å². The maximum atomic E-state index is 12.8. The topological polar surface area (TPSA) is 66.9 Å². The normalized spacial score (nSPS) is 11.1. The molecule has 0 spiro atoms. The number of hydrogen-bond donors (Lipinski definition) is 2. The molecule has 0 aliphatic heterocycles. The molecule has 5 nitrogen and oxygen atoms in total. The van der Waals surface area contributed by atoms with E-state index in [4.69, 9.17) is 0 Å². The van der Waals surface area contributed by atoms with Gasteiger partial charge < -0.3 is 10.6 Å². The number of nitrogens with one attached hydrogen (secondary N) is 2. The first-order valence-corrected chi connectivity index (χ1v) is 8.01. The van der Waals surface area contributed by atoms with E-state index in [9.17, 15) is 18.0 Å². The van der Waals surface area contributed by atoms with Gasteiger partial charge in [-0.15, -0.1) is 0 Å². The van der Waals surface area contributed by atoms with Crippen molar-refractivity contribution in [3.05, 3.63) is 83.7 Å². The Hall–Kier alpha value is -3.42. The second-order valence-corrected chi connectivity index (χ2v) is 5.64. The zero-order valence-electron chi connectivity index (χ0n) is 14.0. The van der Waals surface area contributed by atoms with Gasteiger partial charge in [-0.05, 0) is 29.8 Å². The van der Waals surface area contributed by atoms with Crippen molar-refractivity contribution in [2.75, 3.05) is 5.32 Å². The van der Waals surface area contributed by atoms with Crippen LogP contribution in [0.25, 0.3) is 0 Å². The summed E-state index contributed by atoms with van der Waals surface area (Å²) >= 11 is 0. The van der Waals surface area contributed by atoms with Crippen LogP contribution in [0.2, 0.25) is 0 Å². The molecule has 0 fully saturated rings. The maximum Gasteiger partial charge on any atom is 0.416 e. The highest BCUT2D eigenvalue weighted by atomic mass is 19.4. The zero-order valence-corrected chi connectivity index (χ0v) is 14.0. The molecule has 0 unspecified atom stereocenters. The second-order valence-electron chi connectivity index (χ2n) is 5.64. The lowest BCUT2D eigenvalue weighted by atomic mass is 10.2. The molecule has 3 rings (SSSR count). The van der Waals surface area contributed by atoms with Gasteiger partial charge in [-0.2, -0.15) is 13.2 Å². The van der Waals surface area contributed by atoms with E-state index in [1.165, 1.54) is 24.4 Å². The van der Waals surface area contributed by atoms with Crippen molar-refractivity contribution in [2.24, 2.45) is 0 Å². The first-order valence-electron chi connectivity index (χ1n) is 8.01. The second kappa shape index (κ2) is 7.86. The first-order chi connectivity index (χ1) is 12.9. The minimum absolute atomic E-state index is 0.0293. The average molecular weight is 372 g/mol. The summed E-state index contributed by atoms with van der Waals surface area (Å²) in [5, 5.41) is 5.41. The van der Waals surface area contributed by atoms with Crippen LogP contribution in [-0.2, 0) is 12.7 Å². The molecule has 0 saturated carbocycles. The van der Waals surface area contributed by atoms with Crippen LogP contribution in [0.4, 0.5) is 24.8 Å². The lowest BCUT2D eigenvalue weighted by Gasteiger charge is -2.10. The van der Waals surface area contributed by atoms with E-state index in [0.29, 0.717) is 6.54 Å². The van der Waals surface area contributed by atoms with Gasteiger partial charge in [0.15, 0.2) is 0 Å². The van der Waals surface area contributed by atoms with Crippen LogP contribution >= 0.6 is 0 Å². The summed E-state index contributed by atoms with van der Waals surface area (Å²) < 4.78 is 38.4. The summed E-state index contributed by atoms with van der Waals surface area (Å²) in [7, 11) is 0. The molecule has 8 heteroatoms. The van der Waals surface area contributed by atoms with Crippen LogP contribution < -0.4 is 10.6 Å². The molecule has 1 amide bonds. The van der Waals surface area contributed by atoms with Gasteiger partial charge in [0.2, 0.25) is 5.95 Å². The van der Waals surface area contributed by atoms with Crippen molar-refractivity contribution < 1.29 is 18.0 Å². The zero-order chi connectivity index (χ0) is 19.3. The summed E-state index contributed by atoms with van der Waals surface area (Å²) in [6, 6.07) is 15.4. The first kappa shape index (κ1) is 18.4. The van der Waals surface area contributed by atoms with Gasteiger partial charge in [0.1, 0.15) is 5.69 Å². The number of rotatable bonds is 5. The summed E-state index contributed by atoms with van der Waals surface area (Å²) in [5.41, 5.74) is 0.425. The predicted molar refractivity (Wildman–Crippen MR) is 94.4 cm³/mol. The number of alkyl halides is 3. The molecular weight excluding hydrogens is 357 g/mol. The number of amides is 1. The Morgan fingerprint density at radius 2 is 1.78 bits per heavy atom. The van der Waals surface area contributed by atoms with Gasteiger partial charge >= 0.3 is 6.18 Å². The molecule has 2 aromatic carbocycles. The number of carbonyl (C=O) groups is 1. The predicted octanol–water partition coefficient (Wildman–Crippen LogP) is 4.17. The summed E-state index contributed by atoms with van der Waals surface area (Å²) in [6.45, 7) is 0.333. The van der Waals surface area contributed by atoms with E-state index in [2.05, 4.69) is 20.6 Å². The minimum Gasteiger partial charge on any atom is -0.347 e. The lowest BCUT2D eigenvalue weighted by molar-refractivity contribution is -0.137. The Labute approximate surface area is 153 Å². The fourth-order valence-corrected chi connectivity index (χ4v) is 2.32. The van der Waals surface area contributed by atoms with Gasteiger partial charge in [0.05, 0.1) is 5.56 Å². The van der Waals surface area contributed by atoms with Crippen molar-refractivity contribution >= 4 is 17.5 Å². The Morgan fingerprint density at radius 3 is 2.52 bits per heavy atom. The van der Waals surface area contributed by atoms with Gasteiger partial charge in [-0.1, -0.05) is 36.4 Å². The number of anilines is 2. The Bertz CT molecular complexity index is 929. The molecule has 138 valence electrons. The highest BCUT2D eigenvalue weighted by Gasteiger charge is 2.30. The number of halogens is 3. The molecular formula is C19H15F3N4O. The largest absolute Gasteiger partial charge is 0.416 e. The molecule has 0 radical (unpaired) electrons. The van der Waals surface area contributed by atoms with Gasteiger partial charge in [0.25, 0.3) is 5.91 Å². The van der Waals surface area contributed by atoms with E-state index >= 15 is 0 Å². The average Bonchev–Trinajstić information content (AvgIpc) is 2.67. The van der Waals surface area contributed by atoms with Crippen LogP contribution in [0.15, 0.2) is 66.9 Å². The standard InChI is InChI=1S/C19H15F3N4O/c20-19(21,22)14-7-4-8-15(11-14)25-18-23-10-9-16(26-18)17(27)24-12-13-5-2-1-3-6-13/h1-11H,12H2,(H,24,27)(H,23,25,26). The SMILES string of the molecule is O=C(NCc1ccccc1)c1ccnc(Nc2cccc(C(F)(F)F)c2)n1. The highest BCUT2D eigenvalue weighted by Crippen LogP contribution is 2.31.